The first-order valence-electron chi connectivity index (χ1n) is 8.65. The van der Waals surface area contributed by atoms with Gasteiger partial charge < -0.3 is 19.7 Å². The minimum absolute atomic E-state index is 0. The van der Waals surface area contributed by atoms with Gasteiger partial charge in [-0.25, -0.2) is 9.59 Å². The van der Waals surface area contributed by atoms with E-state index in [1.165, 1.54) is 23.8 Å². The van der Waals surface area contributed by atoms with Gasteiger partial charge >= 0.3 is 11.9 Å². The summed E-state index contributed by atoms with van der Waals surface area (Å²) in [5.74, 6) is -2.59. The van der Waals surface area contributed by atoms with Gasteiger partial charge in [-0.3, -0.25) is 4.90 Å². The number of benzene rings is 2. The molecule has 3 rings (SSSR count). The van der Waals surface area contributed by atoms with Crippen LogP contribution in [-0.4, -0.2) is 53.4 Å². The van der Waals surface area contributed by atoms with E-state index in [0.717, 1.165) is 38.4 Å². The van der Waals surface area contributed by atoms with Gasteiger partial charge in [0, 0.05) is 19.6 Å². The minimum Gasteiger partial charge on any atom is -0.488 e. The number of nitrogens with zero attached hydrogens (tertiary/aromatic N) is 1. The fourth-order valence-corrected chi connectivity index (χ4v) is 2.97. The lowest BCUT2D eigenvalue weighted by Crippen LogP contribution is -2.35. The number of carbonyl (C=O) groups is 2. The third-order valence-corrected chi connectivity index (χ3v) is 4.40. The second-order valence-electron chi connectivity index (χ2n) is 6.28. The van der Waals surface area contributed by atoms with Crippen molar-refractivity contribution in [3.63, 3.8) is 0 Å². The third-order valence-electron chi connectivity index (χ3n) is 4.40. The molecule has 0 bridgehead atoms. The van der Waals surface area contributed by atoms with Crippen LogP contribution in [0.25, 0.3) is 0 Å². The van der Waals surface area contributed by atoms with Crippen molar-refractivity contribution in [2.24, 2.45) is 0 Å². The molecule has 0 aromatic heterocycles. The number of hydrogen-bond donors (Lipinski definition) is 2. The first kappa shape index (κ1) is 21.9. The molecule has 0 spiro atoms. The van der Waals surface area contributed by atoms with E-state index in [-0.39, 0.29) is 40.5 Å². The Labute approximate surface area is 173 Å². The van der Waals surface area contributed by atoms with Crippen LogP contribution in [0.1, 0.15) is 31.8 Å². The molecule has 8 heteroatoms. The molecule has 2 aromatic rings. The van der Waals surface area contributed by atoms with Crippen molar-refractivity contribution in [2.75, 3.05) is 26.3 Å². The first-order chi connectivity index (χ1) is 13.0. The maximum atomic E-state index is 11.4. The Morgan fingerprint density at radius 3 is 2.21 bits per heavy atom. The highest BCUT2D eigenvalue weighted by molar-refractivity contribution is 8.93. The maximum absolute atomic E-state index is 11.4. The summed E-state index contributed by atoms with van der Waals surface area (Å²) in [4.78, 5) is 25.0. The first-order valence-corrected chi connectivity index (χ1v) is 8.65. The third kappa shape index (κ3) is 5.54. The van der Waals surface area contributed by atoms with Crippen molar-refractivity contribution in [2.45, 2.75) is 13.2 Å². The molecule has 0 amide bonds. The number of rotatable bonds is 7. The lowest BCUT2D eigenvalue weighted by molar-refractivity contribution is 0.0342. The fraction of sp³-hybridized carbons (Fsp3) is 0.300. The Balaban J connectivity index is 0.00000280. The molecule has 1 saturated heterocycles. The van der Waals surface area contributed by atoms with Gasteiger partial charge in [-0.2, -0.15) is 0 Å². The molecular formula is C20H22BrNO6. The predicted molar refractivity (Wildman–Crippen MR) is 108 cm³/mol. The highest BCUT2D eigenvalue weighted by atomic mass is 79.9. The lowest BCUT2D eigenvalue weighted by atomic mass is 10.1. The van der Waals surface area contributed by atoms with Crippen molar-refractivity contribution in [1.29, 1.82) is 0 Å². The highest BCUT2D eigenvalue weighted by Gasteiger charge is 2.21. The summed E-state index contributed by atoms with van der Waals surface area (Å²) in [6, 6.07) is 12.1. The van der Waals surface area contributed by atoms with E-state index >= 15 is 0 Å². The summed E-state index contributed by atoms with van der Waals surface area (Å²) < 4.78 is 10.9. The van der Waals surface area contributed by atoms with Crippen molar-refractivity contribution < 1.29 is 29.3 Å². The number of aromatic carboxylic acids is 2. The van der Waals surface area contributed by atoms with Crippen LogP contribution in [0.5, 0.6) is 5.75 Å². The molecule has 1 aliphatic heterocycles. The Hall–Kier alpha value is -2.42. The molecule has 0 unspecified atom stereocenters. The zero-order valence-electron chi connectivity index (χ0n) is 15.2. The van der Waals surface area contributed by atoms with E-state index in [1.807, 2.05) is 24.3 Å². The number of morpholine rings is 1. The number of carboxylic acid groups (broad SMARTS) is 2. The van der Waals surface area contributed by atoms with Crippen molar-refractivity contribution in [1.82, 2.24) is 4.90 Å². The van der Waals surface area contributed by atoms with Gasteiger partial charge in [0.25, 0.3) is 0 Å². The zero-order chi connectivity index (χ0) is 19.2. The monoisotopic (exact) mass is 451 g/mol. The molecule has 150 valence electrons. The number of halogens is 1. The minimum atomic E-state index is -1.33. The van der Waals surface area contributed by atoms with Gasteiger partial charge in [-0.05, 0) is 23.3 Å². The Morgan fingerprint density at radius 2 is 1.61 bits per heavy atom. The van der Waals surface area contributed by atoms with Gasteiger partial charge in [0.15, 0.2) is 0 Å². The number of ether oxygens (including phenoxy) is 2. The molecule has 0 atom stereocenters. The normalized spacial score (nSPS) is 14.1. The van der Waals surface area contributed by atoms with Crippen LogP contribution in [0.3, 0.4) is 0 Å². The molecule has 7 nitrogen and oxygen atoms in total. The molecule has 1 fully saturated rings. The van der Waals surface area contributed by atoms with Crippen LogP contribution < -0.4 is 4.74 Å². The van der Waals surface area contributed by atoms with Gasteiger partial charge in [-0.1, -0.05) is 30.3 Å². The van der Waals surface area contributed by atoms with Crippen LogP contribution in [-0.2, 0) is 17.9 Å². The summed E-state index contributed by atoms with van der Waals surface area (Å²) in [5.41, 5.74) is 1.42. The van der Waals surface area contributed by atoms with Gasteiger partial charge in [0.2, 0.25) is 0 Å². The molecular weight excluding hydrogens is 430 g/mol. The van der Waals surface area contributed by atoms with E-state index in [9.17, 15) is 14.7 Å². The summed E-state index contributed by atoms with van der Waals surface area (Å²) >= 11 is 0. The van der Waals surface area contributed by atoms with Crippen LogP contribution >= 0.6 is 17.0 Å². The Morgan fingerprint density at radius 1 is 0.964 bits per heavy atom. The molecule has 0 saturated carbocycles. The summed E-state index contributed by atoms with van der Waals surface area (Å²) in [6.45, 7) is 4.36. The average Bonchev–Trinajstić information content (AvgIpc) is 2.67. The zero-order valence-corrected chi connectivity index (χ0v) is 16.9. The smallest absolute Gasteiger partial charge is 0.340 e. The Kier molecular flexibility index (Phi) is 7.98. The topological polar surface area (TPSA) is 96.3 Å². The summed E-state index contributed by atoms with van der Waals surface area (Å²) in [5, 5.41) is 18.5. The summed E-state index contributed by atoms with van der Waals surface area (Å²) in [7, 11) is 0. The fourth-order valence-electron chi connectivity index (χ4n) is 2.97. The van der Waals surface area contributed by atoms with Crippen LogP contribution in [0.4, 0.5) is 0 Å². The largest absolute Gasteiger partial charge is 0.488 e. The van der Waals surface area contributed by atoms with Crippen LogP contribution in [0, 0.1) is 0 Å². The van der Waals surface area contributed by atoms with Crippen LogP contribution in [0.15, 0.2) is 42.5 Å². The van der Waals surface area contributed by atoms with Gasteiger partial charge in [0.1, 0.15) is 17.9 Å². The van der Waals surface area contributed by atoms with Gasteiger partial charge in [-0.15, -0.1) is 17.0 Å². The van der Waals surface area contributed by atoms with Crippen molar-refractivity contribution >= 4 is 28.9 Å². The molecule has 2 N–H and O–H groups in total. The van der Waals surface area contributed by atoms with Crippen molar-refractivity contribution in [3.8, 4) is 5.75 Å². The molecule has 1 heterocycles. The lowest BCUT2D eigenvalue weighted by Gasteiger charge is -2.26. The predicted octanol–water partition coefficient (Wildman–Crippen LogP) is 3.07. The average molecular weight is 452 g/mol. The van der Waals surface area contributed by atoms with Crippen molar-refractivity contribution in [3.05, 3.63) is 64.7 Å². The quantitative estimate of drug-likeness (QED) is 0.667. The van der Waals surface area contributed by atoms with Crippen LogP contribution in [0.2, 0.25) is 0 Å². The number of carboxylic acids is 2. The summed E-state index contributed by atoms with van der Waals surface area (Å²) in [6.07, 6.45) is 0. The molecule has 1 aliphatic rings. The van der Waals surface area contributed by atoms with E-state index in [0.29, 0.717) is 0 Å². The highest BCUT2D eigenvalue weighted by Crippen LogP contribution is 2.24. The second-order valence-corrected chi connectivity index (χ2v) is 6.28. The van der Waals surface area contributed by atoms with E-state index < -0.39 is 11.9 Å². The SMILES string of the molecule is Br.O=C(O)c1cccc(OCc2ccc(CN3CCOCC3)cc2)c1C(=O)O. The molecule has 2 aromatic carbocycles. The van der Waals surface area contributed by atoms with Gasteiger partial charge in [0.05, 0.1) is 18.8 Å². The van der Waals surface area contributed by atoms with E-state index in [2.05, 4.69) is 4.90 Å². The van der Waals surface area contributed by atoms with E-state index in [1.54, 1.807) is 0 Å². The standard InChI is InChI=1S/C20H21NO6.BrH/c22-19(23)16-2-1-3-17(18(16)20(24)25)27-13-15-6-4-14(5-7-15)12-21-8-10-26-11-9-21;/h1-7H,8-13H2,(H,22,23)(H,24,25);1H. The molecule has 0 radical (unpaired) electrons. The van der Waals surface area contributed by atoms with E-state index in [4.69, 9.17) is 14.6 Å². The maximum Gasteiger partial charge on any atom is 0.340 e. The molecule has 0 aliphatic carbocycles. The second kappa shape index (κ2) is 10.2. The number of hydrogen-bond acceptors (Lipinski definition) is 5. The molecule has 28 heavy (non-hydrogen) atoms. The Bertz CT molecular complexity index is 818.